The van der Waals surface area contributed by atoms with Crippen molar-refractivity contribution in [1.82, 2.24) is 20.0 Å². The molecule has 0 aliphatic heterocycles. The number of pyridine rings is 1. The second kappa shape index (κ2) is 10.6. The van der Waals surface area contributed by atoms with Gasteiger partial charge in [0.25, 0.3) is 5.92 Å². The highest BCUT2D eigenvalue weighted by Gasteiger charge is 2.39. The molecule has 0 aliphatic carbocycles. The summed E-state index contributed by atoms with van der Waals surface area (Å²) in [6.45, 7) is 5.46. The molecule has 14 heteroatoms. The number of ether oxygens (including phenoxy) is 1. The van der Waals surface area contributed by atoms with Crippen LogP contribution in [0.4, 0.5) is 43.9 Å². The molecule has 2 aromatic heterocycles. The largest absolute Gasteiger partial charge is 0.442 e. The topological polar surface area (TPSA) is 105 Å². The van der Waals surface area contributed by atoms with Gasteiger partial charge < -0.3 is 4.74 Å². The van der Waals surface area contributed by atoms with Crippen LogP contribution < -0.4 is 5.43 Å². The molecule has 202 valence electrons. The molecule has 3 rings (SSSR count). The molecule has 0 aliphatic rings. The SMILES string of the molecule is CN(Nc1nc(-c2ccc(C(C)(F)F)nc2)nc(C(F)(F)F)c1N=Nc1ccccc1)C(=O)OC(C)(C)C. The minimum Gasteiger partial charge on any atom is -0.442 e. The Bertz CT molecular complexity index is 1300. The minimum absolute atomic E-state index is 0.0852. The Hall–Kier alpha value is -4.23. The second-order valence-corrected chi connectivity index (χ2v) is 9.10. The molecule has 0 fully saturated rings. The van der Waals surface area contributed by atoms with E-state index in [0.717, 1.165) is 23.3 Å². The summed E-state index contributed by atoms with van der Waals surface area (Å²) in [5.41, 5.74) is -1.18. The predicted molar refractivity (Wildman–Crippen MR) is 128 cm³/mol. The van der Waals surface area contributed by atoms with Crippen LogP contribution in [0.15, 0.2) is 58.9 Å². The number of carbonyl (C=O) groups is 1. The van der Waals surface area contributed by atoms with Crippen LogP contribution in [0, 0.1) is 0 Å². The van der Waals surface area contributed by atoms with Gasteiger partial charge in [0.05, 0.1) is 5.69 Å². The van der Waals surface area contributed by atoms with E-state index in [9.17, 15) is 26.7 Å². The molecule has 1 aromatic carbocycles. The van der Waals surface area contributed by atoms with Crippen molar-refractivity contribution >= 4 is 23.3 Å². The first-order chi connectivity index (χ1) is 17.5. The maximum Gasteiger partial charge on any atom is 0.435 e. The number of carbonyl (C=O) groups excluding carboxylic acids is 1. The Morgan fingerprint density at radius 3 is 2.13 bits per heavy atom. The normalized spacial score (nSPS) is 12.5. The Morgan fingerprint density at radius 1 is 0.947 bits per heavy atom. The lowest BCUT2D eigenvalue weighted by Gasteiger charge is -2.25. The fraction of sp³-hybridized carbons (Fsp3) is 0.333. The molecule has 0 atom stereocenters. The molecule has 2 heterocycles. The fourth-order valence-corrected chi connectivity index (χ4v) is 2.88. The van der Waals surface area contributed by atoms with Crippen LogP contribution >= 0.6 is 0 Å². The van der Waals surface area contributed by atoms with Crippen molar-refractivity contribution < 1.29 is 31.5 Å². The maximum absolute atomic E-state index is 14.1. The standard InChI is InChI=1S/C24H24F5N7O2/c1-22(2,3)38-21(37)36(5)35-20-17(34-33-15-9-7-6-8-10-15)18(24(27,28)29)31-19(32-20)14-11-12-16(30-13-14)23(4,25)26/h6-13H,1-5H3,(H,31,32,35). The zero-order valence-corrected chi connectivity index (χ0v) is 21.0. The fourth-order valence-electron chi connectivity index (χ4n) is 2.88. The average molecular weight is 537 g/mol. The van der Waals surface area contributed by atoms with Crippen LogP contribution in [-0.4, -0.2) is 38.7 Å². The lowest BCUT2D eigenvalue weighted by atomic mass is 10.2. The Kier molecular flexibility index (Phi) is 7.93. The van der Waals surface area contributed by atoms with E-state index in [2.05, 4.69) is 30.6 Å². The smallest absolute Gasteiger partial charge is 0.435 e. The van der Waals surface area contributed by atoms with Gasteiger partial charge in [-0.3, -0.25) is 10.4 Å². The van der Waals surface area contributed by atoms with Crippen molar-refractivity contribution in [2.75, 3.05) is 12.5 Å². The molecule has 0 unspecified atom stereocenters. The minimum atomic E-state index is -5.03. The second-order valence-electron chi connectivity index (χ2n) is 9.10. The van der Waals surface area contributed by atoms with Gasteiger partial charge in [-0.1, -0.05) is 18.2 Å². The number of nitrogens with one attached hydrogen (secondary N) is 1. The highest BCUT2D eigenvalue weighted by molar-refractivity contribution is 5.73. The number of halogens is 5. The number of hydrogen-bond acceptors (Lipinski definition) is 8. The number of anilines is 1. The highest BCUT2D eigenvalue weighted by Crippen LogP contribution is 2.41. The molecule has 0 spiro atoms. The number of alkyl halides is 5. The molecule has 0 radical (unpaired) electrons. The predicted octanol–water partition coefficient (Wildman–Crippen LogP) is 7.28. The quantitative estimate of drug-likeness (QED) is 0.201. The van der Waals surface area contributed by atoms with Crippen LogP contribution in [0.25, 0.3) is 11.4 Å². The van der Waals surface area contributed by atoms with Crippen LogP contribution in [0.5, 0.6) is 0 Å². The third-order valence-corrected chi connectivity index (χ3v) is 4.59. The first-order valence-corrected chi connectivity index (χ1v) is 11.1. The average Bonchev–Trinajstić information content (AvgIpc) is 2.81. The van der Waals surface area contributed by atoms with Crippen molar-refractivity contribution in [1.29, 1.82) is 0 Å². The van der Waals surface area contributed by atoms with Gasteiger partial charge >= 0.3 is 12.3 Å². The van der Waals surface area contributed by atoms with Crippen molar-refractivity contribution in [3.05, 3.63) is 60.0 Å². The molecule has 0 bridgehead atoms. The maximum atomic E-state index is 14.1. The first-order valence-electron chi connectivity index (χ1n) is 11.1. The molecule has 38 heavy (non-hydrogen) atoms. The summed E-state index contributed by atoms with van der Waals surface area (Å²) in [5.74, 6) is -4.31. The van der Waals surface area contributed by atoms with E-state index in [-0.39, 0.29) is 11.3 Å². The Morgan fingerprint density at radius 2 is 1.61 bits per heavy atom. The van der Waals surface area contributed by atoms with Gasteiger partial charge in [-0.05, 0) is 45.0 Å². The summed E-state index contributed by atoms with van der Waals surface area (Å²) in [6.07, 6.45) is -5.03. The van der Waals surface area contributed by atoms with E-state index < -0.39 is 52.5 Å². The zero-order chi connectivity index (χ0) is 28.3. The van der Waals surface area contributed by atoms with Gasteiger partial charge in [0.1, 0.15) is 11.3 Å². The summed E-state index contributed by atoms with van der Waals surface area (Å²) in [5, 5.41) is 8.35. The van der Waals surface area contributed by atoms with Gasteiger partial charge in [-0.15, -0.1) is 5.11 Å². The summed E-state index contributed by atoms with van der Waals surface area (Å²) in [4.78, 5) is 23.8. The highest BCUT2D eigenvalue weighted by atomic mass is 19.4. The van der Waals surface area contributed by atoms with Gasteiger partial charge in [0.15, 0.2) is 23.0 Å². The van der Waals surface area contributed by atoms with Crippen LogP contribution in [0.3, 0.4) is 0 Å². The van der Waals surface area contributed by atoms with Gasteiger partial charge in [0.2, 0.25) is 0 Å². The number of benzene rings is 1. The van der Waals surface area contributed by atoms with E-state index in [4.69, 9.17) is 4.74 Å². The van der Waals surface area contributed by atoms with E-state index in [1.165, 1.54) is 19.2 Å². The lowest BCUT2D eigenvalue weighted by molar-refractivity contribution is -0.140. The molecule has 3 aromatic rings. The monoisotopic (exact) mass is 537 g/mol. The van der Waals surface area contributed by atoms with Crippen LogP contribution in [-0.2, 0) is 16.8 Å². The molecule has 1 amide bonds. The van der Waals surface area contributed by atoms with Crippen molar-refractivity contribution in [3.63, 3.8) is 0 Å². The number of aromatic nitrogens is 3. The van der Waals surface area contributed by atoms with Crippen LogP contribution in [0.1, 0.15) is 39.1 Å². The van der Waals surface area contributed by atoms with Crippen molar-refractivity contribution in [2.45, 2.75) is 45.4 Å². The lowest BCUT2D eigenvalue weighted by Crippen LogP contribution is -2.38. The number of hydrogen-bond donors (Lipinski definition) is 1. The number of rotatable bonds is 6. The van der Waals surface area contributed by atoms with E-state index >= 15 is 0 Å². The number of nitrogens with zero attached hydrogens (tertiary/aromatic N) is 6. The van der Waals surface area contributed by atoms with Crippen LogP contribution in [0.2, 0.25) is 0 Å². The van der Waals surface area contributed by atoms with Gasteiger partial charge in [-0.2, -0.15) is 27.1 Å². The molecular formula is C24H24F5N7O2. The van der Waals surface area contributed by atoms with Gasteiger partial charge in [-0.25, -0.2) is 19.8 Å². The summed E-state index contributed by atoms with van der Waals surface area (Å²) < 4.78 is 74.8. The molecule has 9 nitrogen and oxygen atoms in total. The molecule has 0 saturated carbocycles. The van der Waals surface area contributed by atoms with E-state index in [1.54, 1.807) is 39.0 Å². The first kappa shape index (κ1) is 28.3. The third kappa shape index (κ3) is 7.40. The van der Waals surface area contributed by atoms with Crippen molar-refractivity contribution in [3.8, 4) is 11.4 Å². The number of hydrazine groups is 1. The van der Waals surface area contributed by atoms with Crippen molar-refractivity contribution in [2.24, 2.45) is 10.2 Å². The molecular weight excluding hydrogens is 513 g/mol. The summed E-state index contributed by atoms with van der Waals surface area (Å²) in [6, 6.07) is 10.0. The number of azo groups is 1. The Balaban J connectivity index is 2.16. The summed E-state index contributed by atoms with van der Waals surface area (Å²) >= 11 is 0. The Labute approximate surface area is 214 Å². The molecule has 1 N–H and O–H groups in total. The van der Waals surface area contributed by atoms with E-state index in [1.807, 2.05) is 0 Å². The van der Waals surface area contributed by atoms with E-state index in [0.29, 0.717) is 6.92 Å². The zero-order valence-electron chi connectivity index (χ0n) is 21.0. The summed E-state index contributed by atoms with van der Waals surface area (Å²) in [7, 11) is 1.21. The molecule has 0 saturated heterocycles. The third-order valence-electron chi connectivity index (χ3n) is 4.59. The van der Waals surface area contributed by atoms with Gasteiger partial charge in [0, 0.05) is 25.7 Å². The number of amides is 1.